The number of amides is 1. The van der Waals surface area contributed by atoms with Gasteiger partial charge in [0.15, 0.2) is 0 Å². The topological polar surface area (TPSA) is 42.0 Å². The summed E-state index contributed by atoms with van der Waals surface area (Å²) in [5, 5.41) is 5.96. The molecule has 3 aliphatic rings. The summed E-state index contributed by atoms with van der Waals surface area (Å²) in [7, 11) is 0. The molecule has 0 aromatic carbocycles. The number of thiophene rings is 1. The molecular formula is C18H26N2O3S. The van der Waals surface area contributed by atoms with Gasteiger partial charge in [-0.2, -0.15) is 11.3 Å². The number of fused-ring (bicyclic) bond motifs is 1. The van der Waals surface area contributed by atoms with Crippen LogP contribution in [0.5, 0.6) is 0 Å². The monoisotopic (exact) mass is 350 g/mol. The van der Waals surface area contributed by atoms with Crippen LogP contribution < -0.4 is 0 Å². The van der Waals surface area contributed by atoms with Gasteiger partial charge < -0.3 is 4.74 Å². The molecule has 1 aromatic heterocycles. The van der Waals surface area contributed by atoms with Gasteiger partial charge in [0.1, 0.15) is 0 Å². The highest BCUT2D eigenvalue weighted by Crippen LogP contribution is 2.36. The first-order valence-electron chi connectivity index (χ1n) is 9.04. The highest BCUT2D eigenvalue weighted by atomic mass is 32.1. The van der Waals surface area contributed by atoms with Crippen LogP contribution in [-0.4, -0.2) is 55.3 Å². The van der Waals surface area contributed by atoms with Crippen LogP contribution in [-0.2, 0) is 20.9 Å². The number of carbonyl (C=O) groups is 1. The summed E-state index contributed by atoms with van der Waals surface area (Å²) >= 11 is 1.76. The van der Waals surface area contributed by atoms with Crippen molar-refractivity contribution in [2.45, 2.75) is 25.8 Å². The van der Waals surface area contributed by atoms with E-state index in [1.54, 1.807) is 16.4 Å². The molecular weight excluding hydrogens is 324 g/mol. The highest BCUT2D eigenvalue weighted by molar-refractivity contribution is 7.07. The van der Waals surface area contributed by atoms with E-state index in [1.807, 2.05) is 0 Å². The van der Waals surface area contributed by atoms with Crippen molar-refractivity contribution in [2.24, 2.45) is 17.8 Å². The molecule has 24 heavy (non-hydrogen) atoms. The minimum Gasteiger partial charge on any atom is -0.381 e. The zero-order valence-electron chi connectivity index (χ0n) is 14.1. The van der Waals surface area contributed by atoms with E-state index in [-0.39, 0.29) is 5.91 Å². The lowest BCUT2D eigenvalue weighted by molar-refractivity contribution is -0.199. The molecule has 3 atom stereocenters. The minimum absolute atomic E-state index is 0.139. The number of hydrogen-bond donors (Lipinski definition) is 0. The van der Waals surface area contributed by atoms with Crippen molar-refractivity contribution in [3.05, 3.63) is 22.4 Å². The van der Waals surface area contributed by atoms with E-state index in [9.17, 15) is 4.79 Å². The smallest absolute Gasteiger partial charge is 0.246 e. The Labute approximate surface area is 147 Å². The summed E-state index contributed by atoms with van der Waals surface area (Å²) in [6, 6.07) is 2.21. The molecule has 1 amide bonds. The molecule has 0 spiro atoms. The number of ether oxygens (including phenoxy) is 1. The van der Waals surface area contributed by atoms with E-state index in [4.69, 9.17) is 9.57 Å². The second kappa shape index (κ2) is 7.52. The second-order valence-electron chi connectivity index (χ2n) is 7.29. The van der Waals surface area contributed by atoms with Crippen molar-refractivity contribution in [1.29, 1.82) is 0 Å². The van der Waals surface area contributed by atoms with Gasteiger partial charge >= 0.3 is 0 Å². The average molecular weight is 350 g/mol. The molecule has 0 radical (unpaired) electrons. The third-order valence-corrected chi connectivity index (χ3v) is 6.27. The van der Waals surface area contributed by atoms with Crippen molar-refractivity contribution in [3.8, 4) is 0 Å². The largest absolute Gasteiger partial charge is 0.381 e. The molecule has 0 N–H and O–H groups in total. The van der Waals surface area contributed by atoms with E-state index in [2.05, 4.69) is 21.7 Å². The van der Waals surface area contributed by atoms with Crippen LogP contribution in [0.15, 0.2) is 16.8 Å². The molecule has 0 bridgehead atoms. The van der Waals surface area contributed by atoms with Crippen molar-refractivity contribution in [1.82, 2.24) is 9.96 Å². The van der Waals surface area contributed by atoms with E-state index < -0.39 is 0 Å². The zero-order valence-corrected chi connectivity index (χ0v) is 14.9. The third kappa shape index (κ3) is 3.67. The summed E-state index contributed by atoms with van der Waals surface area (Å²) in [6.07, 6.45) is 2.67. The maximum Gasteiger partial charge on any atom is 0.246 e. The lowest BCUT2D eigenvalue weighted by Gasteiger charge is -2.34. The maximum atomic E-state index is 12.5. The fraction of sp³-hybridized carbons (Fsp3) is 0.722. The molecule has 3 fully saturated rings. The number of hydrogen-bond acceptors (Lipinski definition) is 5. The number of rotatable bonds is 4. The zero-order chi connectivity index (χ0) is 16.4. The summed E-state index contributed by atoms with van der Waals surface area (Å²) < 4.78 is 5.83. The van der Waals surface area contributed by atoms with E-state index >= 15 is 0 Å². The molecule has 3 aliphatic heterocycles. The van der Waals surface area contributed by atoms with Crippen molar-refractivity contribution in [3.63, 3.8) is 0 Å². The van der Waals surface area contributed by atoms with Gasteiger partial charge in [-0.15, -0.1) is 0 Å². The van der Waals surface area contributed by atoms with Crippen molar-refractivity contribution in [2.75, 3.05) is 39.5 Å². The summed E-state index contributed by atoms with van der Waals surface area (Å²) in [5.74, 6) is 1.61. The van der Waals surface area contributed by atoms with E-state index in [0.717, 1.165) is 45.6 Å². The van der Waals surface area contributed by atoms with Crippen LogP contribution in [0.2, 0.25) is 0 Å². The maximum absolute atomic E-state index is 12.5. The number of nitrogens with zero attached hydrogens (tertiary/aromatic N) is 2. The predicted octanol–water partition coefficient (Wildman–Crippen LogP) is 2.39. The molecule has 5 nitrogen and oxygen atoms in total. The minimum atomic E-state index is 0.139. The van der Waals surface area contributed by atoms with Crippen LogP contribution in [0.25, 0.3) is 0 Å². The standard InChI is InChI=1S/C18H26N2O3S/c21-18(20-4-1-2-5-23-20)7-15-11-22-12-16-9-19(10-17(15)16)8-14-3-6-24-13-14/h3,6,13,15-17H,1-2,4-5,7-12H2/t15-,16-,17+/m1/s1. The fourth-order valence-electron chi connectivity index (χ4n) is 4.29. The fourth-order valence-corrected chi connectivity index (χ4v) is 4.95. The van der Waals surface area contributed by atoms with Gasteiger partial charge in [-0.1, -0.05) is 0 Å². The molecule has 1 aromatic rings. The summed E-state index contributed by atoms with van der Waals surface area (Å²) in [6.45, 7) is 6.17. The molecule has 6 heteroatoms. The van der Waals surface area contributed by atoms with Gasteiger partial charge in [0.05, 0.1) is 19.8 Å². The van der Waals surface area contributed by atoms with Crippen LogP contribution in [0.1, 0.15) is 24.8 Å². The summed E-state index contributed by atoms with van der Waals surface area (Å²) in [5.41, 5.74) is 1.40. The van der Waals surface area contributed by atoms with Crippen LogP contribution in [0, 0.1) is 17.8 Å². The average Bonchev–Trinajstić information content (AvgIpc) is 3.26. The van der Waals surface area contributed by atoms with Gasteiger partial charge in [-0.25, -0.2) is 5.06 Å². The molecule has 4 heterocycles. The Hall–Kier alpha value is -0.950. The Morgan fingerprint density at radius 3 is 3.04 bits per heavy atom. The Balaban J connectivity index is 1.35. The first-order chi connectivity index (χ1) is 11.8. The second-order valence-corrected chi connectivity index (χ2v) is 8.07. The lowest BCUT2D eigenvalue weighted by Crippen LogP contribution is -2.41. The normalized spacial score (nSPS) is 31.2. The highest BCUT2D eigenvalue weighted by Gasteiger charge is 2.42. The Bertz CT molecular complexity index is 544. The van der Waals surface area contributed by atoms with Gasteiger partial charge in [-0.05, 0) is 53.0 Å². The SMILES string of the molecule is O=C(C[C@@H]1COC[C@H]2CN(Cc3ccsc3)C[C@@H]12)N1CCCCO1. The van der Waals surface area contributed by atoms with Gasteiger partial charge in [0, 0.05) is 32.6 Å². The molecule has 3 saturated heterocycles. The molecule has 0 unspecified atom stereocenters. The Morgan fingerprint density at radius 2 is 2.25 bits per heavy atom. The molecule has 0 aliphatic carbocycles. The number of hydroxylamine groups is 2. The Kier molecular flexibility index (Phi) is 5.17. The van der Waals surface area contributed by atoms with Gasteiger partial charge in [0.2, 0.25) is 5.91 Å². The van der Waals surface area contributed by atoms with Gasteiger partial charge in [-0.3, -0.25) is 14.5 Å². The number of likely N-dealkylation sites (tertiary alicyclic amines) is 1. The predicted molar refractivity (Wildman–Crippen MR) is 92.4 cm³/mol. The van der Waals surface area contributed by atoms with Crippen molar-refractivity contribution < 1.29 is 14.4 Å². The van der Waals surface area contributed by atoms with Crippen LogP contribution in [0.4, 0.5) is 0 Å². The van der Waals surface area contributed by atoms with E-state index in [0.29, 0.717) is 37.4 Å². The van der Waals surface area contributed by atoms with Crippen LogP contribution in [0.3, 0.4) is 0 Å². The number of carbonyl (C=O) groups excluding carboxylic acids is 1. The molecule has 0 saturated carbocycles. The quantitative estimate of drug-likeness (QED) is 0.836. The van der Waals surface area contributed by atoms with Gasteiger partial charge in [0.25, 0.3) is 0 Å². The third-order valence-electron chi connectivity index (χ3n) is 5.54. The Morgan fingerprint density at radius 1 is 1.29 bits per heavy atom. The van der Waals surface area contributed by atoms with Crippen LogP contribution >= 0.6 is 11.3 Å². The summed E-state index contributed by atoms with van der Waals surface area (Å²) in [4.78, 5) is 20.6. The molecule has 4 rings (SSSR count). The first-order valence-corrected chi connectivity index (χ1v) is 9.98. The van der Waals surface area contributed by atoms with Crippen molar-refractivity contribution >= 4 is 17.2 Å². The molecule has 132 valence electrons. The van der Waals surface area contributed by atoms with E-state index in [1.165, 1.54) is 5.56 Å². The lowest BCUT2D eigenvalue weighted by atomic mass is 9.81. The first kappa shape index (κ1) is 16.5.